The molecule has 1 aromatic carbocycles. The van der Waals surface area contributed by atoms with Crippen LogP contribution in [-0.2, 0) is 6.42 Å². The van der Waals surface area contributed by atoms with Crippen LogP contribution in [0, 0.1) is 0 Å². The molecule has 0 aliphatic carbocycles. The molecule has 0 fully saturated rings. The van der Waals surface area contributed by atoms with Crippen LogP contribution in [0.2, 0.25) is 0 Å². The topological polar surface area (TPSA) is 12.0 Å². The molecule has 1 N–H and O–H groups in total. The molecule has 1 aromatic heterocycles. The van der Waals surface area contributed by atoms with Crippen molar-refractivity contribution in [1.82, 2.24) is 5.32 Å². The zero-order valence-electron chi connectivity index (χ0n) is 11.2. The van der Waals surface area contributed by atoms with Crippen LogP contribution in [-0.4, -0.2) is 6.54 Å². The van der Waals surface area contributed by atoms with Crippen molar-refractivity contribution in [3.8, 4) is 0 Å². The summed E-state index contributed by atoms with van der Waals surface area (Å²) in [6.45, 7) is 3.19. The number of rotatable bonds is 7. The Morgan fingerprint density at radius 3 is 2.58 bits per heavy atom. The summed E-state index contributed by atoms with van der Waals surface area (Å²) in [5.74, 6) is 0. The van der Waals surface area contributed by atoms with E-state index in [1.165, 1.54) is 27.1 Å². The van der Waals surface area contributed by atoms with E-state index in [1.54, 1.807) is 0 Å². The fourth-order valence-electron chi connectivity index (χ4n) is 2.26. The van der Waals surface area contributed by atoms with Crippen LogP contribution in [0.5, 0.6) is 0 Å². The largest absolute Gasteiger partial charge is 0.310 e. The van der Waals surface area contributed by atoms with E-state index in [1.807, 2.05) is 11.3 Å². The van der Waals surface area contributed by atoms with Gasteiger partial charge in [-0.1, -0.05) is 37.3 Å². The Morgan fingerprint density at radius 2 is 1.95 bits per heavy atom. The van der Waals surface area contributed by atoms with E-state index in [9.17, 15) is 0 Å². The summed E-state index contributed by atoms with van der Waals surface area (Å²) >= 11 is 5.38. The van der Waals surface area contributed by atoms with E-state index >= 15 is 0 Å². The van der Waals surface area contributed by atoms with Crippen molar-refractivity contribution in [2.24, 2.45) is 0 Å². The van der Waals surface area contributed by atoms with E-state index < -0.39 is 0 Å². The molecule has 0 saturated heterocycles. The van der Waals surface area contributed by atoms with Gasteiger partial charge < -0.3 is 5.32 Å². The first-order valence-electron chi connectivity index (χ1n) is 6.82. The van der Waals surface area contributed by atoms with Gasteiger partial charge in [0.25, 0.3) is 0 Å². The molecule has 2 rings (SSSR count). The Balaban J connectivity index is 1.87. The molecule has 1 nitrogen and oxygen atoms in total. The first kappa shape index (κ1) is 14.8. The van der Waals surface area contributed by atoms with Crippen LogP contribution < -0.4 is 5.32 Å². The van der Waals surface area contributed by atoms with Crippen molar-refractivity contribution in [3.05, 3.63) is 56.7 Å². The molecule has 0 radical (unpaired) electrons. The third-order valence-corrected chi connectivity index (χ3v) is 4.93. The van der Waals surface area contributed by atoms with Crippen LogP contribution >= 0.6 is 27.3 Å². The highest BCUT2D eigenvalue weighted by Crippen LogP contribution is 2.30. The highest BCUT2D eigenvalue weighted by atomic mass is 79.9. The third kappa shape index (κ3) is 4.75. The monoisotopic (exact) mass is 337 g/mol. The summed E-state index contributed by atoms with van der Waals surface area (Å²) in [5, 5.41) is 3.59. The first-order valence-corrected chi connectivity index (χ1v) is 8.43. The van der Waals surface area contributed by atoms with Gasteiger partial charge in [0.15, 0.2) is 0 Å². The van der Waals surface area contributed by atoms with Crippen LogP contribution in [0.25, 0.3) is 0 Å². The van der Waals surface area contributed by atoms with E-state index in [-0.39, 0.29) is 0 Å². The van der Waals surface area contributed by atoms with Crippen molar-refractivity contribution < 1.29 is 0 Å². The van der Waals surface area contributed by atoms with Gasteiger partial charge in [-0.3, -0.25) is 0 Å². The molecule has 2 aromatic rings. The number of hydrogen-bond donors (Lipinski definition) is 1. The zero-order valence-corrected chi connectivity index (χ0v) is 13.6. The van der Waals surface area contributed by atoms with Crippen molar-refractivity contribution in [2.75, 3.05) is 6.54 Å². The highest BCUT2D eigenvalue weighted by molar-refractivity contribution is 9.11. The molecule has 0 aliphatic rings. The summed E-state index contributed by atoms with van der Waals surface area (Å²) < 4.78 is 1.22. The maximum Gasteiger partial charge on any atom is 0.0701 e. The van der Waals surface area contributed by atoms with Gasteiger partial charge in [-0.2, -0.15) is 0 Å². The average Bonchev–Trinajstić information content (AvgIpc) is 2.86. The maximum absolute atomic E-state index is 3.59. The lowest BCUT2D eigenvalue weighted by atomic mass is 10.0. The Kier molecular flexibility index (Phi) is 6.08. The van der Waals surface area contributed by atoms with Crippen LogP contribution in [0.4, 0.5) is 0 Å². The summed E-state index contributed by atoms with van der Waals surface area (Å²) in [7, 11) is 0. The minimum absolute atomic E-state index is 0.491. The minimum Gasteiger partial charge on any atom is -0.310 e. The van der Waals surface area contributed by atoms with Gasteiger partial charge in [0.2, 0.25) is 0 Å². The van der Waals surface area contributed by atoms with Crippen molar-refractivity contribution in [2.45, 2.75) is 32.2 Å². The van der Waals surface area contributed by atoms with E-state index in [4.69, 9.17) is 0 Å². The molecule has 0 amide bonds. The quantitative estimate of drug-likeness (QED) is 0.733. The molecule has 1 heterocycles. The van der Waals surface area contributed by atoms with E-state index in [2.05, 4.69) is 70.6 Å². The van der Waals surface area contributed by atoms with Gasteiger partial charge >= 0.3 is 0 Å². The minimum atomic E-state index is 0.491. The normalized spacial score (nSPS) is 12.5. The Labute approximate surface area is 128 Å². The van der Waals surface area contributed by atoms with E-state index in [0.717, 1.165) is 13.0 Å². The molecule has 0 aliphatic heterocycles. The smallest absolute Gasteiger partial charge is 0.0701 e. The standard InChI is InChI=1S/C16H20BrNS/c1-2-18-14(15-11-12-16(17)19-15)10-6-9-13-7-4-3-5-8-13/h3-5,7-8,11-12,14,18H,2,6,9-10H2,1H3. The molecule has 102 valence electrons. The molecule has 0 bridgehead atoms. The fraction of sp³-hybridized carbons (Fsp3) is 0.375. The van der Waals surface area contributed by atoms with Crippen molar-refractivity contribution in [3.63, 3.8) is 0 Å². The average molecular weight is 338 g/mol. The second-order valence-electron chi connectivity index (χ2n) is 4.63. The van der Waals surface area contributed by atoms with Gasteiger partial charge in [0.1, 0.15) is 0 Å². The number of nitrogens with one attached hydrogen (secondary N) is 1. The number of thiophene rings is 1. The molecule has 1 unspecified atom stereocenters. The third-order valence-electron chi connectivity index (χ3n) is 3.19. The second-order valence-corrected chi connectivity index (χ2v) is 7.12. The summed E-state index contributed by atoms with van der Waals surface area (Å²) in [4.78, 5) is 1.43. The first-order chi connectivity index (χ1) is 9.29. The van der Waals surface area contributed by atoms with Gasteiger partial charge in [-0.15, -0.1) is 11.3 Å². The maximum atomic E-state index is 3.59. The number of aryl methyl sites for hydroxylation is 1. The van der Waals surface area contributed by atoms with Crippen molar-refractivity contribution in [1.29, 1.82) is 0 Å². The predicted octanol–water partition coefficient (Wildman–Crippen LogP) is 5.18. The molecular weight excluding hydrogens is 318 g/mol. The molecule has 19 heavy (non-hydrogen) atoms. The summed E-state index contributed by atoms with van der Waals surface area (Å²) in [6, 6.07) is 15.6. The number of halogens is 1. The Morgan fingerprint density at radius 1 is 1.16 bits per heavy atom. The summed E-state index contributed by atoms with van der Waals surface area (Å²) in [6.07, 6.45) is 3.57. The lowest BCUT2D eigenvalue weighted by Gasteiger charge is -2.16. The van der Waals surface area contributed by atoms with Gasteiger partial charge in [-0.05, 0) is 59.4 Å². The summed E-state index contributed by atoms with van der Waals surface area (Å²) in [5.41, 5.74) is 1.44. The van der Waals surface area contributed by atoms with Crippen molar-refractivity contribution >= 4 is 27.3 Å². The van der Waals surface area contributed by atoms with Gasteiger partial charge in [-0.25, -0.2) is 0 Å². The number of benzene rings is 1. The molecule has 3 heteroatoms. The fourth-order valence-corrected chi connectivity index (χ4v) is 3.80. The molecular formula is C16H20BrNS. The second kappa shape index (κ2) is 7.83. The van der Waals surface area contributed by atoms with Crippen LogP contribution in [0.1, 0.15) is 36.2 Å². The Hall–Kier alpha value is -0.640. The van der Waals surface area contributed by atoms with E-state index in [0.29, 0.717) is 6.04 Å². The Bertz CT molecular complexity index is 481. The molecule has 0 saturated carbocycles. The lowest BCUT2D eigenvalue weighted by Crippen LogP contribution is -2.20. The zero-order chi connectivity index (χ0) is 13.5. The van der Waals surface area contributed by atoms with Crippen LogP contribution in [0.3, 0.4) is 0 Å². The lowest BCUT2D eigenvalue weighted by molar-refractivity contribution is 0.505. The molecule has 1 atom stereocenters. The predicted molar refractivity (Wildman–Crippen MR) is 87.8 cm³/mol. The SMILES string of the molecule is CCNC(CCCc1ccccc1)c1ccc(Br)s1. The van der Waals surface area contributed by atoms with Crippen LogP contribution in [0.15, 0.2) is 46.3 Å². The van der Waals surface area contributed by atoms with Gasteiger partial charge in [0.05, 0.1) is 3.79 Å². The molecule has 0 spiro atoms. The van der Waals surface area contributed by atoms with Gasteiger partial charge in [0, 0.05) is 10.9 Å². The number of hydrogen-bond acceptors (Lipinski definition) is 2. The highest BCUT2D eigenvalue weighted by Gasteiger charge is 2.12.